The number of ether oxygens (including phenoxy) is 1. The lowest BCUT2D eigenvalue weighted by Crippen LogP contribution is -2.05. The molecule has 0 heterocycles. The van der Waals surface area contributed by atoms with Crippen LogP contribution >= 0.6 is 0 Å². The summed E-state index contributed by atoms with van der Waals surface area (Å²) in [6.07, 6.45) is 2.08. The van der Waals surface area contributed by atoms with Gasteiger partial charge in [-0.15, -0.1) is 0 Å². The molecule has 3 rings (SSSR count). The third kappa shape index (κ3) is 2.84. The fourth-order valence-electron chi connectivity index (χ4n) is 2.50. The molecule has 2 aromatic rings. The maximum Gasteiger partial charge on any atom is 0.149 e. The van der Waals surface area contributed by atoms with Gasteiger partial charge in [0.2, 0.25) is 0 Å². The molecule has 0 aliphatic heterocycles. The smallest absolute Gasteiger partial charge is 0.149 e. The zero-order chi connectivity index (χ0) is 13.8. The number of aryl methyl sites for hydroxylation is 1. The molecule has 0 unspecified atom stereocenters. The summed E-state index contributed by atoms with van der Waals surface area (Å²) in [4.78, 5) is 0. The van der Waals surface area contributed by atoms with Crippen LogP contribution in [0.15, 0.2) is 48.5 Å². The van der Waals surface area contributed by atoms with Crippen molar-refractivity contribution in [3.05, 3.63) is 65.2 Å². The maximum atomic E-state index is 6.02. The maximum absolute atomic E-state index is 6.02. The molecule has 0 saturated heterocycles. The van der Waals surface area contributed by atoms with Gasteiger partial charge in [-0.3, -0.25) is 0 Å². The van der Waals surface area contributed by atoms with E-state index in [0.717, 1.165) is 24.2 Å². The van der Waals surface area contributed by atoms with Crippen LogP contribution in [-0.4, -0.2) is 6.61 Å². The molecule has 0 saturated carbocycles. The minimum atomic E-state index is 0.192. The molecule has 2 aromatic carbocycles. The summed E-state index contributed by atoms with van der Waals surface area (Å²) in [6, 6.07) is 16.3. The molecule has 0 spiro atoms. The first kappa shape index (κ1) is 12.8. The first-order chi connectivity index (χ1) is 9.83. The summed E-state index contributed by atoms with van der Waals surface area (Å²) in [7, 11) is 0. The van der Waals surface area contributed by atoms with Crippen LogP contribution in [0.5, 0.6) is 5.75 Å². The van der Waals surface area contributed by atoms with Crippen LogP contribution < -0.4 is 10.5 Å². The third-order valence-electron chi connectivity index (χ3n) is 3.56. The molecule has 0 amide bonds. The van der Waals surface area contributed by atoms with Gasteiger partial charge in [0, 0.05) is 11.6 Å². The number of hydrogen-bond donors (Lipinski definition) is 1. The summed E-state index contributed by atoms with van der Waals surface area (Å²) in [5.74, 6) is 6.98. The quantitative estimate of drug-likeness (QED) is 0.845. The van der Waals surface area contributed by atoms with Crippen LogP contribution in [0, 0.1) is 11.8 Å². The van der Waals surface area contributed by atoms with Crippen LogP contribution in [0.1, 0.15) is 29.2 Å². The van der Waals surface area contributed by atoms with E-state index in [9.17, 15) is 0 Å². The van der Waals surface area contributed by atoms with Gasteiger partial charge in [-0.1, -0.05) is 36.1 Å². The Labute approximate surface area is 119 Å². The Morgan fingerprint density at radius 1 is 1.15 bits per heavy atom. The molecule has 1 aliphatic rings. The van der Waals surface area contributed by atoms with Gasteiger partial charge in [0.15, 0.2) is 0 Å². The van der Waals surface area contributed by atoms with E-state index in [0.29, 0.717) is 6.61 Å². The van der Waals surface area contributed by atoms with E-state index < -0.39 is 0 Å². The van der Waals surface area contributed by atoms with Gasteiger partial charge in [0.1, 0.15) is 12.4 Å². The number of rotatable bonds is 2. The highest BCUT2D eigenvalue weighted by atomic mass is 16.5. The van der Waals surface area contributed by atoms with Crippen LogP contribution in [0.2, 0.25) is 0 Å². The van der Waals surface area contributed by atoms with Crippen LogP contribution in [0.25, 0.3) is 0 Å². The topological polar surface area (TPSA) is 35.2 Å². The molecule has 0 bridgehead atoms. The minimum Gasteiger partial charge on any atom is -0.481 e. The second-order valence-electron chi connectivity index (χ2n) is 4.96. The van der Waals surface area contributed by atoms with Crippen LogP contribution in [0.3, 0.4) is 0 Å². The molecule has 2 N–H and O–H groups in total. The van der Waals surface area contributed by atoms with Crippen molar-refractivity contribution in [3.8, 4) is 17.6 Å². The largest absolute Gasteiger partial charge is 0.481 e. The van der Waals surface area contributed by atoms with Gasteiger partial charge in [0.05, 0.1) is 0 Å². The molecular weight excluding hydrogens is 246 g/mol. The zero-order valence-corrected chi connectivity index (χ0v) is 11.3. The summed E-state index contributed by atoms with van der Waals surface area (Å²) in [5.41, 5.74) is 9.60. The Hall–Kier alpha value is -2.24. The Morgan fingerprint density at radius 3 is 2.85 bits per heavy atom. The monoisotopic (exact) mass is 263 g/mol. The molecular formula is C18H17NO. The van der Waals surface area contributed by atoms with Crippen molar-refractivity contribution in [2.24, 2.45) is 5.73 Å². The number of nitrogens with two attached hydrogens (primary N) is 1. The average molecular weight is 263 g/mol. The van der Waals surface area contributed by atoms with Crippen molar-refractivity contribution in [1.29, 1.82) is 0 Å². The van der Waals surface area contributed by atoms with E-state index in [2.05, 4.69) is 24.0 Å². The molecule has 1 atom stereocenters. The van der Waals surface area contributed by atoms with Crippen LogP contribution in [-0.2, 0) is 6.42 Å². The Bertz CT molecular complexity index is 652. The highest BCUT2D eigenvalue weighted by molar-refractivity contribution is 5.40. The highest BCUT2D eigenvalue weighted by Crippen LogP contribution is 2.31. The predicted molar refractivity (Wildman–Crippen MR) is 80.5 cm³/mol. The highest BCUT2D eigenvalue weighted by Gasteiger charge is 2.18. The second kappa shape index (κ2) is 5.81. The van der Waals surface area contributed by atoms with Gasteiger partial charge >= 0.3 is 0 Å². The first-order valence-corrected chi connectivity index (χ1v) is 6.88. The normalized spacial score (nSPS) is 16.1. The zero-order valence-electron chi connectivity index (χ0n) is 11.3. The Kier molecular flexibility index (Phi) is 3.71. The summed E-state index contributed by atoms with van der Waals surface area (Å²) in [6.45, 7) is 0.403. The second-order valence-corrected chi connectivity index (χ2v) is 4.96. The number of fused-ring (bicyclic) bond motifs is 1. The SMILES string of the molecule is N[C@@H]1CCc2cc(OCC#Cc3ccccc3)ccc21. The molecule has 20 heavy (non-hydrogen) atoms. The Morgan fingerprint density at radius 2 is 2.00 bits per heavy atom. The van der Waals surface area contributed by atoms with Crippen molar-refractivity contribution >= 4 is 0 Å². The van der Waals surface area contributed by atoms with E-state index in [4.69, 9.17) is 10.5 Å². The van der Waals surface area contributed by atoms with Gasteiger partial charge < -0.3 is 10.5 Å². The molecule has 0 aromatic heterocycles. The fourth-order valence-corrected chi connectivity index (χ4v) is 2.50. The van der Waals surface area contributed by atoms with Crippen molar-refractivity contribution < 1.29 is 4.74 Å². The van der Waals surface area contributed by atoms with Crippen molar-refractivity contribution in [3.63, 3.8) is 0 Å². The molecule has 0 radical (unpaired) electrons. The van der Waals surface area contributed by atoms with Crippen molar-refractivity contribution in [2.75, 3.05) is 6.61 Å². The number of hydrogen-bond acceptors (Lipinski definition) is 2. The lowest BCUT2D eigenvalue weighted by Gasteiger charge is -2.07. The van der Waals surface area contributed by atoms with E-state index in [-0.39, 0.29) is 6.04 Å². The summed E-state index contributed by atoms with van der Waals surface area (Å²) < 4.78 is 5.67. The molecule has 100 valence electrons. The van der Waals surface area contributed by atoms with E-state index in [1.54, 1.807) is 0 Å². The standard InChI is InChI=1S/C18H17NO/c19-18-11-8-15-13-16(9-10-17(15)18)20-12-4-7-14-5-2-1-3-6-14/h1-3,5-6,9-10,13,18H,8,11-12,19H2/t18-/m1/s1. The number of benzene rings is 2. The van der Waals surface area contributed by atoms with Gasteiger partial charge in [0.25, 0.3) is 0 Å². The average Bonchev–Trinajstić information content (AvgIpc) is 2.86. The lowest BCUT2D eigenvalue weighted by atomic mass is 10.1. The summed E-state index contributed by atoms with van der Waals surface area (Å²) in [5, 5.41) is 0. The summed E-state index contributed by atoms with van der Waals surface area (Å²) >= 11 is 0. The van der Waals surface area contributed by atoms with Crippen molar-refractivity contribution in [2.45, 2.75) is 18.9 Å². The molecule has 1 aliphatic carbocycles. The third-order valence-corrected chi connectivity index (χ3v) is 3.56. The van der Waals surface area contributed by atoms with Crippen LogP contribution in [0.4, 0.5) is 0 Å². The van der Waals surface area contributed by atoms with E-state index in [1.807, 2.05) is 36.4 Å². The van der Waals surface area contributed by atoms with E-state index >= 15 is 0 Å². The van der Waals surface area contributed by atoms with Crippen molar-refractivity contribution in [1.82, 2.24) is 0 Å². The van der Waals surface area contributed by atoms with Gasteiger partial charge in [-0.2, -0.15) is 0 Å². The molecule has 2 nitrogen and oxygen atoms in total. The predicted octanol–water partition coefficient (Wildman–Crippen LogP) is 3.06. The van der Waals surface area contributed by atoms with E-state index in [1.165, 1.54) is 11.1 Å². The molecule has 0 fully saturated rings. The Balaban J connectivity index is 1.61. The fraction of sp³-hybridized carbons (Fsp3) is 0.222. The van der Waals surface area contributed by atoms with Gasteiger partial charge in [-0.05, 0) is 48.2 Å². The van der Waals surface area contributed by atoms with Gasteiger partial charge in [-0.25, -0.2) is 0 Å². The lowest BCUT2D eigenvalue weighted by molar-refractivity contribution is 0.370. The molecule has 2 heteroatoms. The first-order valence-electron chi connectivity index (χ1n) is 6.88. The minimum absolute atomic E-state index is 0.192.